The average Bonchev–Trinajstić information content (AvgIpc) is 3.11. The van der Waals surface area contributed by atoms with Crippen LogP contribution in [0.2, 0.25) is 5.02 Å². The Labute approximate surface area is 167 Å². The molecular weight excluding hydrogens is 449 g/mol. The predicted octanol–water partition coefficient (Wildman–Crippen LogP) is 4.01. The van der Waals surface area contributed by atoms with E-state index in [0.29, 0.717) is 5.84 Å². The van der Waals surface area contributed by atoms with Gasteiger partial charge in [0, 0.05) is 36.3 Å². The molecule has 1 aliphatic heterocycles. The number of amidine groups is 1. The fourth-order valence-corrected chi connectivity index (χ4v) is 4.26. The number of benzene rings is 1. The van der Waals surface area contributed by atoms with Crippen molar-refractivity contribution in [2.75, 3.05) is 30.2 Å². The van der Waals surface area contributed by atoms with Gasteiger partial charge in [-0.2, -0.15) is 0 Å². The second kappa shape index (κ2) is 7.97. The molecule has 3 rings (SSSR count). The first-order chi connectivity index (χ1) is 12.1. The van der Waals surface area contributed by atoms with Crippen LogP contribution in [-0.2, 0) is 5.41 Å². The van der Waals surface area contributed by atoms with Crippen LogP contribution in [0.4, 0.5) is 5.82 Å². The molecule has 2 aromatic rings. The number of aromatic nitrogens is 1. The summed E-state index contributed by atoms with van der Waals surface area (Å²) in [4.78, 5) is 5.31. The van der Waals surface area contributed by atoms with Crippen molar-refractivity contribution < 1.29 is 0 Å². The number of nitrogens with one attached hydrogen (secondary N) is 4. The van der Waals surface area contributed by atoms with E-state index in [4.69, 9.17) is 17.0 Å². The van der Waals surface area contributed by atoms with Crippen LogP contribution in [0.3, 0.4) is 0 Å². The van der Waals surface area contributed by atoms with Gasteiger partial charge in [0.15, 0.2) is 0 Å². The maximum Gasteiger partial charge on any atom is 0.131 e. The van der Waals surface area contributed by atoms with Crippen molar-refractivity contribution >= 4 is 46.1 Å². The minimum absolute atomic E-state index is 0.0958. The van der Waals surface area contributed by atoms with Gasteiger partial charge in [-0.05, 0) is 43.7 Å². The molecule has 2 heterocycles. The monoisotopic (exact) mass is 471 g/mol. The molecule has 4 N–H and O–H groups in total. The van der Waals surface area contributed by atoms with Crippen molar-refractivity contribution in [2.45, 2.75) is 18.3 Å². The summed E-state index contributed by atoms with van der Waals surface area (Å²) >= 11 is 8.15. The number of H-pyrrole nitrogens is 1. The zero-order valence-corrected chi connectivity index (χ0v) is 17.1. The maximum atomic E-state index is 8.58. The fraction of sp³-hybridized carbons (Fsp3) is 0.389. The van der Waals surface area contributed by atoms with Gasteiger partial charge in [0.25, 0.3) is 0 Å². The Kier molecular flexibility index (Phi) is 5.91. The molecule has 1 aromatic carbocycles. The first kappa shape index (κ1) is 18.5. The van der Waals surface area contributed by atoms with Crippen LogP contribution < -0.4 is 8.85 Å². The quantitative estimate of drug-likeness (QED) is 0.231. The van der Waals surface area contributed by atoms with Gasteiger partial charge in [-0.25, -0.2) is 0 Å². The van der Waals surface area contributed by atoms with Crippen molar-refractivity contribution in [3.05, 3.63) is 52.7 Å². The first-order valence-electron chi connectivity index (χ1n) is 8.38. The molecule has 25 heavy (non-hydrogen) atoms. The van der Waals surface area contributed by atoms with Gasteiger partial charge in [-0.3, -0.25) is 5.41 Å². The van der Waals surface area contributed by atoms with Crippen LogP contribution in [0.25, 0.3) is 0 Å². The average molecular weight is 472 g/mol. The van der Waals surface area contributed by atoms with Gasteiger partial charge in [-0.1, -0.05) is 23.7 Å². The number of likely N-dealkylation sites (tertiary alicyclic amines) is 1. The lowest BCUT2D eigenvalue weighted by Gasteiger charge is -2.43. The second-order valence-electron chi connectivity index (χ2n) is 6.51. The highest BCUT2D eigenvalue weighted by atomic mass is 127. The Balaban J connectivity index is 1.76. The van der Waals surface area contributed by atoms with E-state index in [-0.39, 0.29) is 5.41 Å². The molecule has 1 fully saturated rings. The topological polar surface area (TPSA) is 66.9 Å². The van der Waals surface area contributed by atoms with Gasteiger partial charge >= 0.3 is 0 Å². The molecule has 0 saturated carbocycles. The summed E-state index contributed by atoms with van der Waals surface area (Å²) in [5.41, 5.74) is 2.34. The summed E-state index contributed by atoms with van der Waals surface area (Å²) < 4.78 is 3.09. The number of piperidine rings is 1. The zero-order valence-electron chi connectivity index (χ0n) is 14.2. The third kappa shape index (κ3) is 3.80. The van der Waals surface area contributed by atoms with E-state index in [0.717, 1.165) is 48.9 Å². The van der Waals surface area contributed by atoms with E-state index < -0.39 is 0 Å². The van der Waals surface area contributed by atoms with E-state index in [1.54, 1.807) is 0 Å². The minimum Gasteiger partial charge on any atom is -0.356 e. The van der Waals surface area contributed by atoms with Crippen LogP contribution >= 0.6 is 34.5 Å². The van der Waals surface area contributed by atoms with Gasteiger partial charge < -0.3 is 18.7 Å². The standard InChI is InChI=1S/C18H23ClIN5/c1-22-12-18(13-2-4-14(19)5-3-13)7-10-25(11-8-18)16(21)15-6-9-23-17(15)24-20/h2-6,9,21-24H,7-8,10-12H2,1H3. The molecule has 134 valence electrons. The molecular formula is C18H23ClIN5. The Hall–Kier alpha value is -1.25. The van der Waals surface area contributed by atoms with Gasteiger partial charge in [0.1, 0.15) is 11.7 Å². The number of nitrogens with zero attached hydrogens (tertiary/aromatic N) is 1. The fourth-order valence-electron chi connectivity index (χ4n) is 3.68. The summed E-state index contributed by atoms with van der Waals surface area (Å²) in [7, 11) is 2.00. The number of rotatable bonds is 5. The molecule has 0 aliphatic carbocycles. The van der Waals surface area contributed by atoms with Crippen LogP contribution in [0.1, 0.15) is 24.0 Å². The SMILES string of the molecule is CNCC1(c2ccc(Cl)cc2)CCN(C(=N)c2cc[nH]c2NI)CC1. The van der Waals surface area contributed by atoms with Crippen LogP contribution in [0, 0.1) is 5.41 Å². The number of likely N-dealkylation sites (N-methyl/N-ethyl adjacent to an activating group) is 1. The van der Waals surface area contributed by atoms with E-state index in [9.17, 15) is 0 Å². The highest BCUT2D eigenvalue weighted by Gasteiger charge is 2.36. The lowest BCUT2D eigenvalue weighted by Crippen LogP contribution is -2.49. The Bertz CT molecular complexity index is 719. The first-order valence-corrected chi connectivity index (χ1v) is 9.84. The molecule has 1 saturated heterocycles. The Morgan fingerprint density at radius 2 is 1.96 bits per heavy atom. The van der Waals surface area contributed by atoms with E-state index in [2.05, 4.69) is 53.7 Å². The molecule has 7 heteroatoms. The van der Waals surface area contributed by atoms with E-state index >= 15 is 0 Å². The summed E-state index contributed by atoms with van der Waals surface area (Å²) in [6.07, 6.45) is 3.89. The molecule has 0 bridgehead atoms. The van der Waals surface area contributed by atoms with Gasteiger partial charge in [0.2, 0.25) is 0 Å². The molecule has 0 unspecified atom stereocenters. The highest BCUT2D eigenvalue weighted by Crippen LogP contribution is 2.36. The smallest absolute Gasteiger partial charge is 0.131 e. The number of anilines is 1. The Morgan fingerprint density at radius 3 is 2.56 bits per heavy atom. The second-order valence-corrected chi connectivity index (χ2v) is 7.49. The number of hydrogen-bond acceptors (Lipinski definition) is 3. The van der Waals surface area contributed by atoms with Crippen LogP contribution in [-0.4, -0.2) is 42.4 Å². The third-order valence-electron chi connectivity index (χ3n) is 5.11. The van der Waals surface area contributed by atoms with Crippen molar-refractivity contribution in [1.82, 2.24) is 15.2 Å². The van der Waals surface area contributed by atoms with Gasteiger partial charge in [-0.15, -0.1) is 0 Å². The molecule has 5 nitrogen and oxygen atoms in total. The van der Waals surface area contributed by atoms with E-state index in [1.807, 2.05) is 31.4 Å². The Morgan fingerprint density at radius 1 is 1.28 bits per heavy atom. The summed E-state index contributed by atoms with van der Waals surface area (Å²) in [6, 6.07) is 10.2. The van der Waals surface area contributed by atoms with Crippen molar-refractivity contribution in [2.24, 2.45) is 0 Å². The lowest BCUT2D eigenvalue weighted by molar-refractivity contribution is 0.221. The number of halogens is 2. The molecule has 0 amide bonds. The normalized spacial score (nSPS) is 16.7. The van der Waals surface area contributed by atoms with Crippen LogP contribution in [0.15, 0.2) is 36.5 Å². The lowest BCUT2D eigenvalue weighted by atomic mass is 9.72. The maximum absolute atomic E-state index is 8.58. The third-order valence-corrected chi connectivity index (χ3v) is 5.90. The predicted molar refractivity (Wildman–Crippen MR) is 113 cm³/mol. The largest absolute Gasteiger partial charge is 0.356 e. The van der Waals surface area contributed by atoms with Crippen molar-refractivity contribution in [1.29, 1.82) is 5.41 Å². The zero-order chi connectivity index (χ0) is 17.9. The molecule has 0 spiro atoms. The van der Waals surface area contributed by atoms with Crippen LogP contribution in [0.5, 0.6) is 0 Å². The highest BCUT2D eigenvalue weighted by molar-refractivity contribution is 14.1. The molecule has 0 atom stereocenters. The van der Waals surface area contributed by atoms with Crippen molar-refractivity contribution in [3.8, 4) is 0 Å². The van der Waals surface area contributed by atoms with E-state index in [1.165, 1.54) is 5.56 Å². The molecule has 1 aliphatic rings. The summed E-state index contributed by atoms with van der Waals surface area (Å²) in [5, 5.41) is 12.7. The number of hydrogen-bond donors (Lipinski definition) is 4. The summed E-state index contributed by atoms with van der Waals surface area (Å²) in [5.74, 6) is 1.46. The number of aromatic amines is 1. The minimum atomic E-state index is 0.0958. The summed E-state index contributed by atoms with van der Waals surface area (Å²) in [6.45, 7) is 2.67. The van der Waals surface area contributed by atoms with Crippen molar-refractivity contribution in [3.63, 3.8) is 0 Å². The van der Waals surface area contributed by atoms with Gasteiger partial charge in [0.05, 0.1) is 28.4 Å². The molecule has 0 radical (unpaired) electrons. The molecule has 1 aromatic heterocycles.